The Morgan fingerprint density at radius 2 is 1.75 bits per heavy atom. The second-order valence-electron chi connectivity index (χ2n) is 6.91. The summed E-state index contributed by atoms with van der Waals surface area (Å²) in [6.07, 6.45) is 6.72. The van der Waals surface area contributed by atoms with Crippen molar-refractivity contribution in [3.63, 3.8) is 0 Å². The second-order valence-corrected chi connectivity index (χ2v) is 6.91. The first kappa shape index (κ1) is 15.5. The summed E-state index contributed by atoms with van der Waals surface area (Å²) in [5, 5.41) is 3.55. The van der Waals surface area contributed by atoms with Crippen LogP contribution in [0.5, 0.6) is 0 Å². The van der Waals surface area contributed by atoms with Crippen LogP contribution in [0.2, 0.25) is 0 Å². The lowest BCUT2D eigenvalue weighted by Gasteiger charge is -2.21. The smallest absolute Gasteiger partial charge is 0.0723 e. The van der Waals surface area contributed by atoms with E-state index in [9.17, 15) is 0 Å². The van der Waals surface area contributed by atoms with Gasteiger partial charge in [-0.2, -0.15) is 0 Å². The van der Waals surface area contributed by atoms with Gasteiger partial charge in [-0.05, 0) is 57.7 Å². The Kier molecular flexibility index (Phi) is 5.62. The fraction of sp³-hybridized carbons (Fsp3) is 0.667. The lowest BCUT2D eigenvalue weighted by molar-refractivity contribution is 0.0453. The first-order valence-corrected chi connectivity index (χ1v) is 7.98. The minimum atomic E-state index is 0.190. The highest BCUT2D eigenvalue weighted by molar-refractivity contribution is 5.26. The number of benzene rings is 1. The summed E-state index contributed by atoms with van der Waals surface area (Å²) in [6.45, 7) is 8.42. The molecular formula is C18H29NO. The van der Waals surface area contributed by atoms with Gasteiger partial charge in [0.2, 0.25) is 0 Å². The van der Waals surface area contributed by atoms with Crippen molar-refractivity contribution in [2.45, 2.75) is 71.1 Å². The molecule has 0 amide bonds. The Bertz CT molecular complexity index is 402. The first-order valence-electron chi connectivity index (χ1n) is 7.98. The van der Waals surface area contributed by atoms with Gasteiger partial charge < -0.3 is 10.1 Å². The zero-order valence-corrected chi connectivity index (χ0v) is 13.2. The largest absolute Gasteiger partial charge is 0.374 e. The third kappa shape index (κ3) is 5.26. The molecule has 0 aromatic heterocycles. The lowest BCUT2D eigenvalue weighted by Crippen LogP contribution is -2.37. The summed E-state index contributed by atoms with van der Waals surface area (Å²) in [4.78, 5) is 0. The van der Waals surface area contributed by atoms with Gasteiger partial charge in [-0.3, -0.25) is 0 Å². The number of ether oxygens (including phenoxy) is 1. The molecule has 20 heavy (non-hydrogen) atoms. The summed E-state index contributed by atoms with van der Waals surface area (Å²) in [5.41, 5.74) is 2.97. The van der Waals surface area contributed by atoms with E-state index >= 15 is 0 Å². The summed E-state index contributed by atoms with van der Waals surface area (Å²) in [5.74, 6) is 0. The molecule has 0 radical (unpaired) electrons. The molecule has 1 fully saturated rings. The van der Waals surface area contributed by atoms with Gasteiger partial charge in [0.05, 0.1) is 12.7 Å². The van der Waals surface area contributed by atoms with Gasteiger partial charge in [-0.1, -0.05) is 37.1 Å². The van der Waals surface area contributed by atoms with E-state index in [0.717, 1.165) is 19.6 Å². The molecule has 1 aliphatic rings. The predicted molar refractivity (Wildman–Crippen MR) is 84.9 cm³/mol. The van der Waals surface area contributed by atoms with E-state index in [1.807, 2.05) is 0 Å². The molecule has 0 atom stereocenters. The maximum Gasteiger partial charge on any atom is 0.0723 e. The average Bonchev–Trinajstić information content (AvgIpc) is 2.89. The van der Waals surface area contributed by atoms with Gasteiger partial charge in [0, 0.05) is 5.54 Å². The van der Waals surface area contributed by atoms with E-state index in [4.69, 9.17) is 4.74 Å². The van der Waals surface area contributed by atoms with E-state index in [-0.39, 0.29) is 5.54 Å². The monoisotopic (exact) mass is 275 g/mol. The summed E-state index contributed by atoms with van der Waals surface area (Å²) < 4.78 is 6.06. The maximum absolute atomic E-state index is 6.06. The Morgan fingerprint density at radius 1 is 1.10 bits per heavy atom. The molecule has 0 bridgehead atoms. The van der Waals surface area contributed by atoms with Crippen LogP contribution in [0.4, 0.5) is 0 Å². The van der Waals surface area contributed by atoms with Crippen molar-refractivity contribution in [2.75, 3.05) is 6.54 Å². The van der Waals surface area contributed by atoms with E-state index in [0.29, 0.717) is 6.10 Å². The van der Waals surface area contributed by atoms with E-state index in [1.165, 1.54) is 36.8 Å². The lowest BCUT2D eigenvalue weighted by atomic mass is 10.0. The van der Waals surface area contributed by atoms with Crippen LogP contribution in [0.15, 0.2) is 24.3 Å². The van der Waals surface area contributed by atoms with E-state index in [2.05, 4.69) is 50.4 Å². The van der Waals surface area contributed by atoms with Gasteiger partial charge >= 0.3 is 0 Å². The van der Waals surface area contributed by atoms with Crippen LogP contribution in [0.3, 0.4) is 0 Å². The van der Waals surface area contributed by atoms with Gasteiger partial charge in [0.15, 0.2) is 0 Å². The predicted octanol–water partition coefficient (Wildman–Crippen LogP) is 4.08. The third-order valence-corrected chi connectivity index (χ3v) is 3.94. The topological polar surface area (TPSA) is 21.3 Å². The van der Waals surface area contributed by atoms with Gasteiger partial charge in [-0.25, -0.2) is 0 Å². The zero-order valence-electron chi connectivity index (χ0n) is 13.2. The minimum absolute atomic E-state index is 0.190. The number of rotatable bonds is 6. The van der Waals surface area contributed by atoms with Crippen molar-refractivity contribution in [2.24, 2.45) is 0 Å². The Labute approximate surface area is 123 Å². The van der Waals surface area contributed by atoms with E-state index in [1.54, 1.807) is 0 Å². The maximum atomic E-state index is 6.06. The van der Waals surface area contributed by atoms with Crippen LogP contribution >= 0.6 is 0 Å². The highest BCUT2D eigenvalue weighted by atomic mass is 16.5. The number of nitrogens with one attached hydrogen (secondary N) is 1. The Hall–Kier alpha value is -0.860. The molecule has 0 heterocycles. The summed E-state index contributed by atoms with van der Waals surface area (Å²) >= 11 is 0. The molecule has 1 aromatic carbocycles. The van der Waals surface area contributed by atoms with Crippen LogP contribution in [-0.4, -0.2) is 18.2 Å². The molecular weight excluding hydrogens is 246 g/mol. The summed E-state index contributed by atoms with van der Waals surface area (Å²) in [6, 6.07) is 8.69. The molecule has 1 N–H and O–H groups in total. The van der Waals surface area contributed by atoms with Gasteiger partial charge in [-0.15, -0.1) is 0 Å². The minimum Gasteiger partial charge on any atom is -0.374 e. The zero-order chi connectivity index (χ0) is 14.4. The molecule has 0 aliphatic heterocycles. The Morgan fingerprint density at radius 3 is 2.40 bits per heavy atom. The SMILES string of the molecule is CC(C)(C)NCCc1ccccc1COC1CCCC1. The standard InChI is InChI=1S/C18H29NO/c1-18(2,3)19-13-12-15-8-4-5-9-16(15)14-20-17-10-6-7-11-17/h4-5,8-9,17,19H,6-7,10-14H2,1-3H3. The number of hydrogen-bond donors (Lipinski definition) is 1. The van der Waals surface area contributed by atoms with Crippen molar-refractivity contribution in [1.82, 2.24) is 5.32 Å². The van der Waals surface area contributed by atoms with Crippen molar-refractivity contribution in [1.29, 1.82) is 0 Å². The average molecular weight is 275 g/mol. The molecule has 2 rings (SSSR count). The Balaban J connectivity index is 1.85. The molecule has 2 heteroatoms. The molecule has 1 saturated carbocycles. The van der Waals surface area contributed by atoms with Crippen molar-refractivity contribution in [3.05, 3.63) is 35.4 Å². The van der Waals surface area contributed by atoms with Crippen LogP contribution in [0.1, 0.15) is 57.6 Å². The van der Waals surface area contributed by atoms with Gasteiger partial charge in [0.1, 0.15) is 0 Å². The molecule has 2 nitrogen and oxygen atoms in total. The van der Waals surface area contributed by atoms with Crippen molar-refractivity contribution >= 4 is 0 Å². The first-order chi connectivity index (χ1) is 9.54. The van der Waals surface area contributed by atoms with Crippen LogP contribution in [-0.2, 0) is 17.8 Å². The highest BCUT2D eigenvalue weighted by Crippen LogP contribution is 2.22. The second kappa shape index (κ2) is 7.24. The van der Waals surface area contributed by atoms with Crippen LogP contribution in [0.25, 0.3) is 0 Å². The molecule has 0 spiro atoms. The fourth-order valence-corrected chi connectivity index (χ4v) is 2.78. The number of hydrogen-bond acceptors (Lipinski definition) is 2. The highest BCUT2D eigenvalue weighted by Gasteiger charge is 2.16. The van der Waals surface area contributed by atoms with E-state index < -0.39 is 0 Å². The molecule has 0 saturated heterocycles. The third-order valence-electron chi connectivity index (χ3n) is 3.94. The molecule has 0 unspecified atom stereocenters. The fourth-order valence-electron chi connectivity index (χ4n) is 2.78. The van der Waals surface area contributed by atoms with Crippen LogP contribution < -0.4 is 5.32 Å². The quantitative estimate of drug-likeness (QED) is 0.844. The molecule has 1 aromatic rings. The normalized spacial score (nSPS) is 16.8. The van der Waals surface area contributed by atoms with Gasteiger partial charge in [0.25, 0.3) is 0 Å². The van der Waals surface area contributed by atoms with Crippen molar-refractivity contribution in [3.8, 4) is 0 Å². The van der Waals surface area contributed by atoms with Crippen LogP contribution in [0, 0.1) is 0 Å². The molecule has 112 valence electrons. The van der Waals surface area contributed by atoms with Crippen molar-refractivity contribution < 1.29 is 4.74 Å². The molecule has 1 aliphatic carbocycles. The summed E-state index contributed by atoms with van der Waals surface area (Å²) in [7, 11) is 0.